The second-order valence-corrected chi connectivity index (χ2v) is 6.34. The third kappa shape index (κ3) is 2.59. The quantitative estimate of drug-likeness (QED) is 0.901. The number of nitrogens with one attached hydrogen (secondary N) is 1. The van der Waals surface area contributed by atoms with Crippen molar-refractivity contribution >= 4 is 5.91 Å². The van der Waals surface area contributed by atoms with Gasteiger partial charge in [-0.25, -0.2) is 4.98 Å². The molecule has 2 aliphatic rings. The van der Waals surface area contributed by atoms with Gasteiger partial charge in [-0.05, 0) is 32.2 Å². The molecule has 1 unspecified atom stereocenters. The van der Waals surface area contributed by atoms with Gasteiger partial charge in [0.05, 0.1) is 6.33 Å². The largest absolute Gasteiger partial charge is 0.341 e. The SMILES string of the molecule is CC1(c2cncn2CC(=O)N2CCCCC2)CCNC1. The number of hydrogen-bond donors (Lipinski definition) is 1. The molecule has 0 saturated carbocycles. The summed E-state index contributed by atoms with van der Waals surface area (Å²) in [6.45, 7) is 6.54. The Morgan fingerprint density at radius 3 is 2.90 bits per heavy atom. The lowest BCUT2D eigenvalue weighted by molar-refractivity contribution is -0.132. The molecule has 0 bridgehead atoms. The summed E-state index contributed by atoms with van der Waals surface area (Å²) in [5.74, 6) is 0.235. The van der Waals surface area contributed by atoms with E-state index in [0.717, 1.165) is 45.4 Å². The average Bonchev–Trinajstić information content (AvgIpc) is 3.10. The zero-order valence-electron chi connectivity index (χ0n) is 12.3. The van der Waals surface area contributed by atoms with E-state index in [0.29, 0.717) is 6.54 Å². The molecule has 1 aromatic heterocycles. The fraction of sp³-hybridized carbons (Fsp3) is 0.733. The molecule has 0 aliphatic carbocycles. The van der Waals surface area contributed by atoms with Crippen LogP contribution in [0.4, 0.5) is 0 Å². The van der Waals surface area contributed by atoms with E-state index in [4.69, 9.17) is 0 Å². The summed E-state index contributed by atoms with van der Waals surface area (Å²) in [6.07, 6.45) is 8.38. The van der Waals surface area contributed by atoms with Crippen LogP contribution in [0.25, 0.3) is 0 Å². The molecule has 110 valence electrons. The predicted molar refractivity (Wildman–Crippen MR) is 77.5 cm³/mol. The van der Waals surface area contributed by atoms with Gasteiger partial charge in [-0.1, -0.05) is 6.92 Å². The van der Waals surface area contributed by atoms with E-state index >= 15 is 0 Å². The lowest BCUT2D eigenvalue weighted by Gasteiger charge is -2.28. The lowest BCUT2D eigenvalue weighted by atomic mass is 9.86. The smallest absolute Gasteiger partial charge is 0.242 e. The minimum absolute atomic E-state index is 0.110. The fourth-order valence-electron chi connectivity index (χ4n) is 3.37. The predicted octanol–water partition coefficient (Wildman–Crippen LogP) is 1.15. The molecule has 0 radical (unpaired) electrons. The molecular formula is C15H24N4O. The third-order valence-electron chi connectivity index (χ3n) is 4.71. The summed E-state index contributed by atoms with van der Waals surface area (Å²) in [5, 5.41) is 3.41. The number of hydrogen-bond acceptors (Lipinski definition) is 3. The van der Waals surface area contributed by atoms with Crippen LogP contribution < -0.4 is 5.32 Å². The summed E-state index contributed by atoms with van der Waals surface area (Å²) < 4.78 is 2.05. The fourth-order valence-corrected chi connectivity index (χ4v) is 3.37. The molecule has 0 spiro atoms. The molecule has 1 aromatic rings. The van der Waals surface area contributed by atoms with Crippen LogP contribution in [0, 0.1) is 0 Å². The van der Waals surface area contributed by atoms with Crippen molar-refractivity contribution in [2.45, 2.75) is 44.6 Å². The van der Waals surface area contributed by atoms with Crippen LogP contribution in [0.5, 0.6) is 0 Å². The van der Waals surface area contributed by atoms with Gasteiger partial charge in [0, 0.05) is 36.9 Å². The van der Waals surface area contributed by atoms with E-state index < -0.39 is 0 Å². The Kier molecular flexibility index (Phi) is 3.78. The first-order valence-corrected chi connectivity index (χ1v) is 7.68. The maximum absolute atomic E-state index is 12.4. The molecule has 0 aromatic carbocycles. The first-order valence-electron chi connectivity index (χ1n) is 7.68. The topological polar surface area (TPSA) is 50.2 Å². The zero-order valence-corrected chi connectivity index (χ0v) is 12.3. The van der Waals surface area contributed by atoms with Crippen LogP contribution in [-0.4, -0.2) is 46.5 Å². The van der Waals surface area contributed by atoms with E-state index in [-0.39, 0.29) is 11.3 Å². The number of rotatable bonds is 3. The van der Waals surface area contributed by atoms with Crippen LogP contribution in [0.2, 0.25) is 0 Å². The highest BCUT2D eigenvalue weighted by Crippen LogP contribution is 2.29. The minimum atomic E-state index is 0.110. The van der Waals surface area contributed by atoms with Crippen LogP contribution in [0.3, 0.4) is 0 Å². The molecule has 3 rings (SSSR count). The Bertz CT molecular complexity index is 470. The highest BCUT2D eigenvalue weighted by Gasteiger charge is 2.33. The van der Waals surface area contributed by atoms with E-state index in [9.17, 15) is 4.79 Å². The number of piperidine rings is 1. The second kappa shape index (κ2) is 5.56. The van der Waals surface area contributed by atoms with Crippen molar-refractivity contribution < 1.29 is 4.79 Å². The number of imidazole rings is 1. The monoisotopic (exact) mass is 276 g/mol. The second-order valence-electron chi connectivity index (χ2n) is 6.34. The third-order valence-corrected chi connectivity index (χ3v) is 4.71. The number of carbonyl (C=O) groups excluding carboxylic acids is 1. The number of aromatic nitrogens is 2. The summed E-state index contributed by atoms with van der Waals surface area (Å²) in [6, 6.07) is 0. The van der Waals surface area contributed by atoms with Crippen molar-refractivity contribution in [3.05, 3.63) is 18.2 Å². The highest BCUT2D eigenvalue weighted by molar-refractivity contribution is 5.76. The van der Waals surface area contributed by atoms with Gasteiger partial charge in [0.15, 0.2) is 0 Å². The first kappa shape index (κ1) is 13.6. The van der Waals surface area contributed by atoms with Gasteiger partial charge < -0.3 is 14.8 Å². The molecule has 1 amide bonds. The normalized spacial score (nSPS) is 26.9. The first-order chi connectivity index (χ1) is 9.69. The molecule has 2 fully saturated rings. The zero-order chi connectivity index (χ0) is 14.0. The summed E-state index contributed by atoms with van der Waals surface area (Å²) >= 11 is 0. The van der Waals surface area contributed by atoms with Gasteiger partial charge >= 0.3 is 0 Å². The lowest BCUT2D eigenvalue weighted by Crippen LogP contribution is -2.38. The Balaban J connectivity index is 1.71. The van der Waals surface area contributed by atoms with Gasteiger partial charge in [-0.2, -0.15) is 0 Å². The van der Waals surface area contributed by atoms with Crippen molar-refractivity contribution in [1.29, 1.82) is 0 Å². The highest BCUT2D eigenvalue weighted by atomic mass is 16.2. The molecule has 1 N–H and O–H groups in total. The Hall–Kier alpha value is -1.36. The van der Waals surface area contributed by atoms with Crippen molar-refractivity contribution in [3.63, 3.8) is 0 Å². The van der Waals surface area contributed by atoms with E-state index in [1.165, 1.54) is 12.1 Å². The van der Waals surface area contributed by atoms with Crippen LogP contribution in [0.1, 0.15) is 38.3 Å². The van der Waals surface area contributed by atoms with Gasteiger partial charge in [0.1, 0.15) is 6.54 Å². The maximum atomic E-state index is 12.4. The average molecular weight is 276 g/mol. The molecule has 5 nitrogen and oxygen atoms in total. The van der Waals surface area contributed by atoms with Gasteiger partial charge in [0.2, 0.25) is 5.91 Å². The van der Waals surface area contributed by atoms with Crippen LogP contribution >= 0.6 is 0 Å². The molecule has 5 heteroatoms. The van der Waals surface area contributed by atoms with Crippen molar-refractivity contribution in [2.24, 2.45) is 0 Å². The maximum Gasteiger partial charge on any atom is 0.242 e. The van der Waals surface area contributed by atoms with E-state index in [1.54, 1.807) is 6.33 Å². The van der Waals surface area contributed by atoms with E-state index in [2.05, 4.69) is 17.2 Å². The van der Waals surface area contributed by atoms with Gasteiger partial charge in [0.25, 0.3) is 0 Å². The molecular weight excluding hydrogens is 252 g/mol. The molecule has 2 saturated heterocycles. The number of carbonyl (C=O) groups is 1. The van der Waals surface area contributed by atoms with Crippen molar-refractivity contribution in [3.8, 4) is 0 Å². The van der Waals surface area contributed by atoms with Crippen LogP contribution in [-0.2, 0) is 16.8 Å². The van der Waals surface area contributed by atoms with E-state index in [1.807, 2.05) is 15.7 Å². The molecule has 2 aliphatic heterocycles. The molecule has 3 heterocycles. The Morgan fingerprint density at radius 1 is 1.40 bits per heavy atom. The minimum Gasteiger partial charge on any atom is -0.341 e. The summed E-state index contributed by atoms with van der Waals surface area (Å²) in [5.41, 5.74) is 1.30. The van der Waals surface area contributed by atoms with Crippen LogP contribution in [0.15, 0.2) is 12.5 Å². The summed E-state index contributed by atoms with van der Waals surface area (Å²) in [7, 11) is 0. The van der Waals surface area contributed by atoms with Crippen molar-refractivity contribution in [1.82, 2.24) is 19.8 Å². The number of nitrogens with zero attached hydrogens (tertiary/aromatic N) is 3. The number of likely N-dealkylation sites (tertiary alicyclic amines) is 1. The Labute approximate surface area is 120 Å². The Morgan fingerprint density at radius 2 is 2.20 bits per heavy atom. The standard InChI is InChI=1S/C15H24N4O/c1-15(5-6-16-11-15)13-9-17-12-19(13)10-14(20)18-7-3-2-4-8-18/h9,12,16H,2-8,10-11H2,1H3. The van der Waals surface area contributed by atoms with Gasteiger partial charge in [-0.3, -0.25) is 4.79 Å². The van der Waals surface area contributed by atoms with Gasteiger partial charge in [-0.15, -0.1) is 0 Å². The van der Waals surface area contributed by atoms with Crippen molar-refractivity contribution in [2.75, 3.05) is 26.2 Å². The molecule has 1 atom stereocenters. The molecule has 20 heavy (non-hydrogen) atoms. The number of amides is 1. The summed E-state index contributed by atoms with van der Waals surface area (Å²) in [4.78, 5) is 18.7.